The summed E-state index contributed by atoms with van der Waals surface area (Å²) in [6.45, 7) is 0. The van der Waals surface area contributed by atoms with E-state index < -0.39 is 0 Å². The Balaban J connectivity index is 1.25. The Morgan fingerprint density at radius 1 is 0.489 bits per heavy atom. The van der Waals surface area contributed by atoms with Crippen LogP contribution in [0.2, 0.25) is 0 Å². The van der Waals surface area contributed by atoms with Crippen LogP contribution in [0.15, 0.2) is 144 Å². The first-order chi connectivity index (χ1) is 22.3. The summed E-state index contributed by atoms with van der Waals surface area (Å²) in [5.74, 6) is 1.97. The number of benzene rings is 6. The lowest BCUT2D eigenvalue weighted by molar-refractivity contribution is 0.669. The molecule has 0 saturated carbocycles. The average Bonchev–Trinajstić information content (AvgIpc) is 3.50. The van der Waals surface area contributed by atoms with E-state index in [-0.39, 0.29) is 0 Å². The van der Waals surface area contributed by atoms with Crippen molar-refractivity contribution in [2.24, 2.45) is 0 Å². The van der Waals surface area contributed by atoms with E-state index in [1.54, 1.807) is 0 Å². The first-order valence-electron chi connectivity index (χ1n) is 15.3. The van der Waals surface area contributed by atoms with Gasteiger partial charge in [0.2, 0.25) is 0 Å². The van der Waals surface area contributed by atoms with Crippen LogP contribution in [-0.4, -0.2) is 15.0 Å². The largest absolute Gasteiger partial charge is 0.456 e. The van der Waals surface area contributed by atoms with Gasteiger partial charge < -0.3 is 4.42 Å². The van der Waals surface area contributed by atoms with Gasteiger partial charge in [-0.2, -0.15) is 0 Å². The van der Waals surface area contributed by atoms with Gasteiger partial charge >= 0.3 is 0 Å². The zero-order valence-corrected chi connectivity index (χ0v) is 24.4. The highest BCUT2D eigenvalue weighted by atomic mass is 16.3. The van der Waals surface area contributed by atoms with Crippen molar-refractivity contribution >= 4 is 49.1 Å². The zero-order valence-electron chi connectivity index (χ0n) is 24.4. The number of hydrogen-bond acceptors (Lipinski definition) is 4. The number of rotatable bonds is 4. The molecule has 212 valence electrons. The molecule has 0 saturated heterocycles. The van der Waals surface area contributed by atoms with Crippen LogP contribution in [0.4, 0.5) is 0 Å². The minimum Gasteiger partial charge on any atom is -0.456 e. The summed E-state index contributed by atoms with van der Waals surface area (Å²) < 4.78 is 6.40. The summed E-state index contributed by atoms with van der Waals surface area (Å²) in [4.78, 5) is 15.0. The molecule has 1 aliphatic rings. The Morgan fingerprint density at radius 2 is 1.22 bits per heavy atom. The maximum Gasteiger partial charge on any atom is 0.164 e. The molecule has 8 aromatic rings. The van der Waals surface area contributed by atoms with Crippen molar-refractivity contribution in [1.82, 2.24) is 15.0 Å². The maximum absolute atomic E-state index is 6.40. The third kappa shape index (κ3) is 4.42. The van der Waals surface area contributed by atoms with Gasteiger partial charge in [0.05, 0.1) is 0 Å². The highest BCUT2D eigenvalue weighted by Gasteiger charge is 2.19. The Morgan fingerprint density at radius 3 is 2.09 bits per heavy atom. The first-order valence-corrected chi connectivity index (χ1v) is 15.3. The van der Waals surface area contributed by atoms with Gasteiger partial charge in [0.25, 0.3) is 0 Å². The van der Waals surface area contributed by atoms with Gasteiger partial charge in [-0.05, 0) is 69.8 Å². The Kier molecular flexibility index (Phi) is 5.91. The number of aromatic nitrogens is 3. The van der Waals surface area contributed by atoms with Crippen molar-refractivity contribution in [3.8, 4) is 33.9 Å². The van der Waals surface area contributed by atoms with Crippen molar-refractivity contribution in [3.05, 3.63) is 145 Å². The number of fused-ring (bicyclic) bond motifs is 6. The van der Waals surface area contributed by atoms with Crippen LogP contribution in [0.3, 0.4) is 0 Å². The normalized spacial score (nSPS) is 13.2. The van der Waals surface area contributed by atoms with Crippen molar-refractivity contribution in [1.29, 1.82) is 0 Å². The summed E-state index contributed by atoms with van der Waals surface area (Å²) in [7, 11) is 0. The Bertz CT molecular complexity index is 2490. The van der Waals surface area contributed by atoms with Gasteiger partial charge in [-0.1, -0.05) is 115 Å². The fourth-order valence-corrected chi connectivity index (χ4v) is 6.50. The van der Waals surface area contributed by atoms with E-state index in [2.05, 4.69) is 97.1 Å². The van der Waals surface area contributed by atoms with Crippen LogP contribution in [0, 0.1) is 0 Å². The van der Waals surface area contributed by atoms with Crippen LogP contribution in [0.1, 0.15) is 18.7 Å². The lowest BCUT2D eigenvalue weighted by atomic mass is 9.96. The third-order valence-corrected chi connectivity index (χ3v) is 8.74. The Hall–Kier alpha value is -5.87. The smallest absolute Gasteiger partial charge is 0.164 e. The topological polar surface area (TPSA) is 51.8 Å². The van der Waals surface area contributed by atoms with Crippen molar-refractivity contribution < 1.29 is 4.42 Å². The summed E-state index contributed by atoms with van der Waals surface area (Å²) >= 11 is 0. The van der Waals surface area contributed by atoms with Gasteiger partial charge in [-0.15, -0.1) is 0 Å². The molecule has 0 unspecified atom stereocenters. The highest BCUT2D eigenvalue weighted by Crippen LogP contribution is 2.39. The van der Waals surface area contributed by atoms with Gasteiger partial charge in [-0.3, -0.25) is 0 Å². The number of nitrogens with zero attached hydrogens (tertiary/aromatic N) is 3. The Labute approximate surface area is 260 Å². The van der Waals surface area contributed by atoms with Crippen LogP contribution < -0.4 is 0 Å². The lowest BCUT2D eigenvalue weighted by Gasteiger charge is -2.11. The molecule has 45 heavy (non-hydrogen) atoms. The monoisotopic (exact) mass is 577 g/mol. The molecule has 0 N–H and O–H groups in total. The second-order valence-electron chi connectivity index (χ2n) is 11.5. The van der Waals surface area contributed by atoms with Crippen molar-refractivity contribution in [3.63, 3.8) is 0 Å². The lowest BCUT2D eigenvalue weighted by Crippen LogP contribution is -2.03. The van der Waals surface area contributed by atoms with E-state index in [1.165, 1.54) is 21.5 Å². The zero-order chi connectivity index (χ0) is 29.7. The summed E-state index contributed by atoms with van der Waals surface area (Å²) in [6, 6.07) is 42.4. The number of furan rings is 1. The average molecular weight is 578 g/mol. The van der Waals surface area contributed by atoms with Crippen molar-refractivity contribution in [2.45, 2.75) is 12.8 Å². The molecule has 9 rings (SSSR count). The summed E-state index contributed by atoms with van der Waals surface area (Å²) in [5.41, 5.74) is 6.85. The van der Waals surface area contributed by atoms with Gasteiger partial charge in [0.1, 0.15) is 11.2 Å². The van der Waals surface area contributed by atoms with E-state index >= 15 is 0 Å². The standard InChI is InChI=1S/C41H27N3O/c1-3-11-28(12-4-1)39-42-40(29-13-5-2-6-14-29)44-41(43-39)33-16-9-17-37-38(33)35-25-31(22-23-36(35)45-37)30-21-20-27-19-18-26-10-7-8-15-32(26)34(27)24-30/h1,3-5,7-25H,2,6H2. The van der Waals surface area contributed by atoms with Gasteiger partial charge in [0.15, 0.2) is 17.5 Å². The highest BCUT2D eigenvalue weighted by molar-refractivity contribution is 6.13. The molecule has 0 atom stereocenters. The molecule has 0 aliphatic heterocycles. The predicted octanol–water partition coefficient (Wildman–Crippen LogP) is 10.8. The van der Waals surface area contributed by atoms with Crippen molar-refractivity contribution in [2.75, 3.05) is 0 Å². The van der Waals surface area contributed by atoms with E-state index in [0.717, 1.165) is 62.6 Å². The first kappa shape index (κ1) is 25.6. The van der Waals surface area contributed by atoms with Crippen LogP contribution in [-0.2, 0) is 0 Å². The molecular formula is C41H27N3O. The maximum atomic E-state index is 6.40. The van der Waals surface area contributed by atoms with E-state index in [9.17, 15) is 0 Å². The molecular weight excluding hydrogens is 550 g/mol. The molecule has 4 nitrogen and oxygen atoms in total. The summed E-state index contributed by atoms with van der Waals surface area (Å²) in [5, 5.41) is 7.03. The van der Waals surface area contributed by atoms with Gasteiger partial charge in [-0.25, -0.2) is 15.0 Å². The van der Waals surface area contributed by atoms with Crippen LogP contribution >= 0.6 is 0 Å². The summed E-state index contributed by atoms with van der Waals surface area (Å²) in [6.07, 6.45) is 8.51. The minimum absolute atomic E-state index is 0.634. The van der Waals surface area contributed by atoms with Crippen LogP contribution in [0.25, 0.3) is 83.0 Å². The number of hydrogen-bond donors (Lipinski definition) is 0. The predicted molar refractivity (Wildman–Crippen MR) is 185 cm³/mol. The van der Waals surface area contributed by atoms with Gasteiger partial charge in [0, 0.05) is 27.5 Å². The second kappa shape index (κ2) is 10.4. The van der Waals surface area contributed by atoms with E-state index in [1.807, 2.05) is 42.5 Å². The quantitative estimate of drug-likeness (QED) is 0.195. The molecule has 2 heterocycles. The minimum atomic E-state index is 0.634. The molecule has 0 radical (unpaired) electrons. The second-order valence-corrected chi connectivity index (χ2v) is 11.5. The molecule has 6 aromatic carbocycles. The van der Waals surface area contributed by atoms with E-state index in [0.29, 0.717) is 17.5 Å². The third-order valence-electron chi connectivity index (χ3n) is 8.74. The fraction of sp³-hybridized carbons (Fsp3) is 0.0488. The molecule has 4 heteroatoms. The van der Waals surface area contributed by atoms with Crippen LogP contribution in [0.5, 0.6) is 0 Å². The molecule has 1 aliphatic carbocycles. The van der Waals surface area contributed by atoms with E-state index in [4.69, 9.17) is 19.4 Å². The number of allylic oxidation sites excluding steroid dienone is 4. The molecule has 0 amide bonds. The molecule has 0 spiro atoms. The molecule has 0 fully saturated rings. The molecule has 0 bridgehead atoms. The fourth-order valence-electron chi connectivity index (χ4n) is 6.50. The SMILES string of the molecule is C1=CC(c2nc(-c3ccccc3)nc(-c3cccc4oc5ccc(-c6ccc7ccc8ccccc8c7c6)cc5c34)n2)=CCC1. The molecule has 2 aromatic heterocycles.